The molecule has 0 bridgehead atoms. The third-order valence-corrected chi connectivity index (χ3v) is 3.54. The molecule has 0 spiro atoms. The van der Waals surface area contributed by atoms with Crippen LogP contribution in [-0.2, 0) is 0 Å². The fourth-order valence-corrected chi connectivity index (χ4v) is 2.39. The molecule has 0 saturated heterocycles. The van der Waals surface area contributed by atoms with Crippen LogP contribution in [0.15, 0.2) is 53.7 Å². The highest BCUT2D eigenvalue weighted by Crippen LogP contribution is 2.23. The van der Waals surface area contributed by atoms with Crippen molar-refractivity contribution in [2.75, 3.05) is 5.75 Å². The topological polar surface area (TPSA) is 47.2 Å². The third kappa shape index (κ3) is 3.00. The maximum absolute atomic E-state index is 13.4. The van der Waals surface area contributed by atoms with E-state index in [0.717, 1.165) is 4.73 Å². The first-order valence-corrected chi connectivity index (χ1v) is 6.40. The molecule has 5 heteroatoms. The van der Waals surface area contributed by atoms with E-state index in [1.165, 1.54) is 30.1 Å². The molecular formula is C13H12FNO2S. The van der Waals surface area contributed by atoms with Gasteiger partial charge < -0.3 is 10.3 Å². The third-order valence-electron chi connectivity index (χ3n) is 2.44. The highest BCUT2D eigenvalue weighted by Gasteiger charge is 2.14. The van der Waals surface area contributed by atoms with Crippen molar-refractivity contribution >= 4 is 11.8 Å². The van der Waals surface area contributed by atoms with Gasteiger partial charge >= 0.3 is 0 Å². The summed E-state index contributed by atoms with van der Waals surface area (Å²) < 4.78 is 14.1. The summed E-state index contributed by atoms with van der Waals surface area (Å²) in [6.07, 6.45) is 0.453. The van der Waals surface area contributed by atoms with Gasteiger partial charge in [0, 0.05) is 23.4 Å². The summed E-state index contributed by atoms with van der Waals surface area (Å²) >= 11 is 1.19. The molecule has 2 rings (SSSR count). The van der Waals surface area contributed by atoms with E-state index in [1.807, 2.05) is 0 Å². The van der Waals surface area contributed by atoms with Gasteiger partial charge in [-0.2, -0.15) is 4.73 Å². The van der Waals surface area contributed by atoms with E-state index < -0.39 is 11.9 Å². The second kappa shape index (κ2) is 5.84. The summed E-state index contributed by atoms with van der Waals surface area (Å²) in [5.41, 5.74) is 0.249. The Morgan fingerprint density at radius 1 is 1.22 bits per heavy atom. The van der Waals surface area contributed by atoms with Gasteiger partial charge in [-0.15, -0.1) is 0 Å². The standard InChI is InChI=1S/C13H12FNO2S/c14-11-6-2-1-5-10(11)12(16)9-18-13-7-3-4-8-15(13)17/h1-8,12,16H,9H2. The minimum Gasteiger partial charge on any atom is -0.618 e. The molecule has 0 aliphatic rings. The van der Waals surface area contributed by atoms with Gasteiger partial charge in [-0.3, -0.25) is 0 Å². The molecule has 0 radical (unpaired) electrons. The summed E-state index contributed by atoms with van der Waals surface area (Å²) in [5, 5.41) is 21.7. The summed E-state index contributed by atoms with van der Waals surface area (Å²) in [6.45, 7) is 0. The number of hydrogen-bond donors (Lipinski definition) is 1. The Balaban J connectivity index is 2.03. The molecule has 1 N–H and O–H groups in total. The van der Waals surface area contributed by atoms with Gasteiger partial charge in [0.2, 0.25) is 0 Å². The molecule has 18 heavy (non-hydrogen) atoms. The SMILES string of the molecule is [O-][n+]1ccccc1SCC(O)c1ccccc1F. The fourth-order valence-electron chi connectivity index (χ4n) is 1.52. The second-order valence-corrected chi connectivity index (χ2v) is 4.75. The number of aromatic nitrogens is 1. The average Bonchev–Trinajstić information content (AvgIpc) is 2.38. The Kier molecular flexibility index (Phi) is 4.17. The van der Waals surface area contributed by atoms with Gasteiger partial charge in [-0.05, 0) is 12.1 Å². The molecule has 3 nitrogen and oxygen atoms in total. The Labute approximate surface area is 108 Å². The largest absolute Gasteiger partial charge is 0.618 e. The van der Waals surface area contributed by atoms with Crippen molar-refractivity contribution in [2.45, 2.75) is 11.1 Å². The van der Waals surface area contributed by atoms with Crippen LogP contribution in [0.2, 0.25) is 0 Å². The maximum Gasteiger partial charge on any atom is 0.251 e. The first kappa shape index (κ1) is 12.9. The molecule has 1 aromatic carbocycles. The van der Waals surface area contributed by atoms with E-state index in [1.54, 1.807) is 30.3 Å². The van der Waals surface area contributed by atoms with Gasteiger partial charge in [0.1, 0.15) is 5.82 Å². The molecule has 2 aromatic rings. The first-order valence-electron chi connectivity index (χ1n) is 5.42. The molecule has 1 heterocycles. The fraction of sp³-hybridized carbons (Fsp3) is 0.154. The number of pyridine rings is 1. The van der Waals surface area contributed by atoms with Crippen molar-refractivity contribution in [3.63, 3.8) is 0 Å². The first-order chi connectivity index (χ1) is 8.68. The van der Waals surface area contributed by atoms with Crippen LogP contribution in [0.3, 0.4) is 0 Å². The number of rotatable bonds is 4. The van der Waals surface area contributed by atoms with Crippen molar-refractivity contribution in [3.8, 4) is 0 Å². The predicted molar refractivity (Wildman–Crippen MR) is 67.5 cm³/mol. The van der Waals surface area contributed by atoms with E-state index in [9.17, 15) is 14.7 Å². The van der Waals surface area contributed by atoms with Gasteiger partial charge in [0.25, 0.3) is 5.03 Å². The van der Waals surface area contributed by atoms with E-state index in [2.05, 4.69) is 0 Å². The summed E-state index contributed by atoms with van der Waals surface area (Å²) in [4.78, 5) is 0. The lowest BCUT2D eigenvalue weighted by Crippen LogP contribution is -2.28. The molecule has 0 amide bonds. The van der Waals surface area contributed by atoms with Gasteiger partial charge in [-0.25, -0.2) is 4.39 Å². The summed E-state index contributed by atoms with van der Waals surface area (Å²) in [7, 11) is 0. The molecule has 0 saturated carbocycles. The normalized spacial score (nSPS) is 12.3. The molecule has 94 valence electrons. The molecule has 0 aliphatic carbocycles. The Morgan fingerprint density at radius 3 is 2.67 bits per heavy atom. The Morgan fingerprint density at radius 2 is 1.94 bits per heavy atom. The van der Waals surface area contributed by atoms with Crippen LogP contribution in [0.1, 0.15) is 11.7 Å². The smallest absolute Gasteiger partial charge is 0.251 e. The molecule has 1 unspecified atom stereocenters. The van der Waals surface area contributed by atoms with Crippen LogP contribution in [0.5, 0.6) is 0 Å². The lowest BCUT2D eigenvalue weighted by atomic mass is 10.1. The van der Waals surface area contributed by atoms with Crippen LogP contribution in [-0.4, -0.2) is 10.9 Å². The number of hydrogen-bond acceptors (Lipinski definition) is 3. The van der Waals surface area contributed by atoms with Crippen molar-refractivity contribution in [1.82, 2.24) is 0 Å². The van der Waals surface area contributed by atoms with E-state index >= 15 is 0 Å². The number of aliphatic hydroxyl groups excluding tert-OH is 1. The van der Waals surface area contributed by atoms with Crippen molar-refractivity contribution < 1.29 is 14.2 Å². The minimum absolute atomic E-state index is 0.229. The predicted octanol–water partition coefficient (Wildman–Crippen LogP) is 2.28. The molecule has 1 aromatic heterocycles. The van der Waals surface area contributed by atoms with Gasteiger partial charge in [0.15, 0.2) is 6.20 Å². The summed E-state index contributed by atoms with van der Waals surface area (Å²) in [6, 6.07) is 11.1. The van der Waals surface area contributed by atoms with Crippen LogP contribution < -0.4 is 4.73 Å². The van der Waals surface area contributed by atoms with E-state index in [0.29, 0.717) is 5.03 Å². The second-order valence-electron chi connectivity index (χ2n) is 3.71. The summed E-state index contributed by atoms with van der Waals surface area (Å²) in [5.74, 6) is -0.207. The maximum atomic E-state index is 13.4. The molecule has 1 atom stereocenters. The highest BCUT2D eigenvalue weighted by molar-refractivity contribution is 7.99. The molecule has 0 aliphatic heterocycles. The zero-order valence-corrected chi connectivity index (χ0v) is 10.3. The number of halogens is 1. The van der Waals surface area contributed by atoms with Crippen LogP contribution in [0.4, 0.5) is 4.39 Å². The Hall–Kier alpha value is -1.59. The lowest BCUT2D eigenvalue weighted by Gasteiger charge is -2.11. The van der Waals surface area contributed by atoms with Crippen molar-refractivity contribution in [2.24, 2.45) is 0 Å². The van der Waals surface area contributed by atoms with E-state index in [4.69, 9.17) is 0 Å². The lowest BCUT2D eigenvalue weighted by molar-refractivity contribution is -0.645. The number of thioether (sulfide) groups is 1. The van der Waals surface area contributed by atoms with Gasteiger partial charge in [0.05, 0.1) is 6.10 Å². The van der Waals surface area contributed by atoms with Crippen LogP contribution in [0, 0.1) is 11.0 Å². The monoisotopic (exact) mass is 265 g/mol. The number of benzene rings is 1. The number of nitrogens with zero attached hydrogens (tertiary/aromatic N) is 1. The van der Waals surface area contributed by atoms with Crippen molar-refractivity contribution in [3.05, 3.63) is 65.2 Å². The van der Waals surface area contributed by atoms with E-state index in [-0.39, 0.29) is 11.3 Å². The van der Waals surface area contributed by atoms with Crippen LogP contribution >= 0.6 is 11.8 Å². The highest BCUT2D eigenvalue weighted by atomic mass is 32.2. The van der Waals surface area contributed by atoms with Crippen molar-refractivity contribution in [1.29, 1.82) is 0 Å². The molecule has 0 fully saturated rings. The minimum atomic E-state index is -0.934. The van der Waals surface area contributed by atoms with Crippen LogP contribution in [0.25, 0.3) is 0 Å². The quantitative estimate of drug-likeness (QED) is 0.524. The molecular weight excluding hydrogens is 253 g/mol. The van der Waals surface area contributed by atoms with Gasteiger partial charge in [-0.1, -0.05) is 30.0 Å². The zero-order chi connectivity index (χ0) is 13.0. The Bertz CT molecular complexity index is 536. The average molecular weight is 265 g/mol. The zero-order valence-electron chi connectivity index (χ0n) is 9.49. The number of aliphatic hydroxyl groups is 1.